The van der Waals surface area contributed by atoms with E-state index in [1.54, 1.807) is 24.0 Å². The van der Waals surface area contributed by atoms with Crippen LogP contribution in [-0.4, -0.2) is 54.8 Å². The Kier molecular flexibility index (Phi) is 6.54. The average molecular weight is 526 g/mol. The molecule has 202 valence electrons. The van der Waals surface area contributed by atoms with Crippen LogP contribution in [0.25, 0.3) is 0 Å². The lowest BCUT2D eigenvalue weighted by molar-refractivity contribution is -0.133. The smallest absolute Gasteiger partial charge is 0.233 e. The zero-order valence-electron chi connectivity index (χ0n) is 22.8. The molecular weight excluding hydrogens is 489 g/mol. The molecule has 3 aliphatic rings. The number of nitrogens with zero attached hydrogens (tertiary/aromatic N) is 3. The molecule has 2 heterocycles. The molecular formula is C33H36FN3O2. The van der Waals surface area contributed by atoms with E-state index in [4.69, 9.17) is 0 Å². The summed E-state index contributed by atoms with van der Waals surface area (Å²) in [5, 5.41) is 0. The van der Waals surface area contributed by atoms with Crippen molar-refractivity contribution in [1.29, 1.82) is 0 Å². The Morgan fingerprint density at radius 1 is 0.949 bits per heavy atom. The molecule has 1 saturated carbocycles. The molecule has 2 amide bonds. The quantitative estimate of drug-likeness (QED) is 0.448. The number of hydrogen-bond donors (Lipinski definition) is 0. The molecule has 0 radical (unpaired) electrons. The molecule has 0 aromatic heterocycles. The first-order chi connectivity index (χ1) is 18.8. The van der Waals surface area contributed by atoms with Crippen molar-refractivity contribution in [1.82, 2.24) is 9.80 Å². The number of halogens is 1. The lowest BCUT2D eigenvalue weighted by Gasteiger charge is -2.40. The van der Waals surface area contributed by atoms with Crippen molar-refractivity contribution in [3.8, 4) is 0 Å². The number of amides is 2. The van der Waals surface area contributed by atoms with Gasteiger partial charge in [0.15, 0.2) is 0 Å². The van der Waals surface area contributed by atoms with E-state index in [2.05, 4.69) is 35.2 Å². The van der Waals surface area contributed by atoms with E-state index in [1.807, 2.05) is 36.2 Å². The second-order valence-electron chi connectivity index (χ2n) is 11.7. The maximum absolute atomic E-state index is 14.0. The van der Waals surface area contributed by atoms with Crippen LogP contribution in [0.3, 0.4) is 0 Å². The van der Waals surface area contributed by atoms with Crippen LogP contribution >= 0.6 is 0 Å². The van der Waals surface area contributed by atoms with Crippen LogP contribution in [-0.2, 0) is 27.0 Å². The summed E-state index contributed by atoms with van der Waals surface area (Å²) in [7, 11) is 1.86. The van der Waals surface area contributed by atoms with Crippen LogP contribution in [0.15, 0.2) is 78.9 Å². The van der Waals surface area contributed by atoms with Gasteiger partial charge in [0.25, 0.3) is 0 Å². The number of anilines is 1. The second kappa shape index (κ2) is 9.91. The number of rotatable bonds is 6. The van der Waals surface area contributed by atoms with Gasteiger partial charge >= 0.3 is 0 Å². The monoisotopic (exact) mass is 525 g/mol. The van der Waals surface area contributed by atoms with Gasteiger partial charge in [0.2, 0.25) is 11.8 Å². The summed E-state index contributed by atoms with van der Waals surface area (Å²) in [4.78, 5) is 32.6. The summed E-state index contributed by atoms with van der Waals surface area (Å²) in [5.74, 6) is 0.227. The highest BCUT2D eigenvalue weighted by Gasteiger charge is 2.62. The van der Waals surface area contributed by atoms with Crippen LogP contribution in [0, 0.1) is 11.7 Å². The predicted molar refractivity (Wildman–Crippen MR) is 151 cm³/mol. The van der Waals surface area contributed by atoms with Crippen molar-refractivity contribution < 1.29 is 14.0 Å². The molecule has 3 aromatic carbocycles. The van der Waals surface area contributed by atoms with Crippen molar-refractivity contribution >= 4 is 17.5 Å². The zero-order chi connectivity index (χ0) is 27.2. The maximum atomic E-state index is 14.0. The summed E-state index contributed by atoms with van der Waals surface area (Å²) in [6.45, 7) is 5.69. The molecule has 1 saturated heterocycles. The lowest BCUT2D eigenvalue weighted by Crippen LogP contribution is -2.47. The minimum absolute atomic E-state index is 0.0179. The van der Waals surface area contributed by atoms with Crippen molar-refractivity contribution in [3.05, 3.63) is 101 Å². The van der Waals surface area contributed by atoms with E-state index >= 15 is 0 Å². The van der Waals surface area contributed by atoms with E-state index in [-0.39, 0.29) is 29.0 Å². The Morgan fingerprint density at radius 3 is 2.31 bits per heavy atom. The molecule has 2 fully saturated rings. The van der Waals surface area contributed by atoms with Gasteiger partial charge in [0.1, 0.15) is 5.82 Å². The normalized spacial score (nSPS) is 23.5. The second-order valence-corrected chi connectivity index (χ2v) is 11.7. The van der Waals surface area contributed by atoms with Gasteiger partial charge in [-0.3, -0.25) is 9.59 Å². The summed E-state index contributed by atoms with van der Waals surface area (Å²) >= 11 is 0. The number of piperidine rings is 1. The van der Waals surface area contributed by atoms with Crippen LogP contribution in [0.2, 0.25) is 0 Å². The third kappa shape index (κ3) is 4.55. The highest BCUT2D eigenvalue weighted by Crippen LogP contribution is 2.56. The van der Waals surface area contributed by atoms with Gasteiger partial charge in [-0.1, -0.05) is 60.7 Å². The molecule has 1 spiro atoms. The van der Waals surface area contributed by atoms with Gasteiger partial charge in [0.05, 0.1) is 5.41 Å². The standard InChI is InChI=1S/C33H36FN3O2/c1-24(38)37-23-32(29-10-6-7-11-30(29)37)16-18-36(19-17-32)22-27-20-33(27,26-8-4-3-5-9-26)31(39)35(2)21-25-12-14-28(34)15-13-25/h3-15,27H,16-23H2,1-2H3/t27-,33+/m0/s1. The molecule has 2 aliphatic heterocycles. The average Bonchev–Trinajstić information content (AvgIpc) is 3.59. The molecule has 3 aromatic rings. The van der Waals surface area contributed by atoms with Crippen LogP contribution in [0.1, 0.15) is 42.9 Å². The highest BCUT2D eigenvalue weighted by atomic mass is 19.1. The fourth-order valence-electron chi connectivity index (χ4n) is 7.11. The maximum Gasteiger partial charge on any atom is 0.233 e. The van der Waals surface area contributed by atoms with Crippen molar-refractivity contribution in [2.24, 2.45) is 5.92 Å². The highest BCUT2D eigenvalue weighted by molar-refractivity contribution is 5.95. The van der Waals surface area contributed by atoms with Crippen LogP contribution < -0.4 is 4.90 Å². The van der Waals surface area contributed by atoms with E-state index < -0.39 is 5.41 Å². The first-order valence-electron chi connectivity index (χ1n) is 14.0. The first-order valence-corrected chi connectivity index (χ1v) is 14.0. The third-order valence-electron chi connectivity index (χ3n) is 9.35. The Labute approximate surface area is 230 Å². The van der Waals surface area contributed by atoms with E-state index in [1.165, 1.54) is 17.7 Å². The molecule has 2 atom stereocenters. The Morgan fingerprint density at radius 2 is 1.62 bits per heavy atom. The summed E-state index contributed by atoms with van der Waals surface area (Å²) in [6, 6.07) is 25.0. The molecule has 5 nitrogen and oxygen atoms in total. The van der Waals surface area contributed by atoms with Gasteiger partial charge in [-0.05, 0) is 73.2 Å². The van der Waals surface area contributed by atoms with Crippen molar-refractivity contribution in [2.75, 3.05) is 38.1 Å². The minimum Gasteiger partial charge on any atom is -0.341 e. The van der Waals surface area contributed by atoms with Gasteiger partial charge in [0, 0.05) is 44.7 Å². The van der Waals surface area contributed by atoms with E-state index in [9.17, 15) is 14.0 Å². The Hall–Kier alpha value is -3.51. The number of likely N-dealkylation sites (tertiary alicyclic amines) is 1. The first kappa shape index (κ1) is 25.8. The van der Waals surface area contributed by atoms with Gasteiger partial charge in [-0.25, -0.2) is 4.39 Å². The number of carbonyl (C=O) groups excluding carboxylic acids is 2. The number of hydrogen-bond acceptors (Lipinski definition) is 3. The summed E-state index contributed by atoms with van der Waals surface area (Å²) in [6.07, 6.45) is 2.86. The summed E-state index contributed by atoms with van der Waals surface area (Å²) in [5.41, 5.74) is 3.88. The molecule has 0 unspecified atom stereocenters. The van der Waals surface area contributed by atoms with Gasteiger partial charge in [-0.15, -0.1) is 0 Å². The number of carbonyl (C=O) groups is 2. The fraction of sp³-hybridized carbons (Fsp3) is 0.394. The largest absolute Gasteiger partial charge is 0.341 e. The molecule has 1 aliphatic carbocycles. The van der Waals surface area contributed by atoms with Gasteiger partial charge < -0.3 is 14.7 Å². The summed E-state index contributed by atoms with van der Waals surface area (Å²) < 4.78 is 13.4. The Bertz CT molecular complexity index is 1370. The fourth-order valence-corrected chi connectivity index (χ4v) is 7.11. The molecule has 39 heavy (non-hydrogen) atoms. The van der Waals surface area contributed by atoms with Crippen LogP contribution in [0.5, 0.6) is 0 Å². The zero-order valence-corrected chi connectivity index (χ0v) is 22.8. The molecule has 0 N–H and O–H groups in total. The van der Waals surface area contributed by atoms with Crippen LogP contribution in [0.4, 0.5) is 10.1 Å². The number of likely N-dealkylation sites (N-methyl/N-ethyl adjacent to an activating group) is 1. The Balaban J connectivity index is 1.16. The SMILES string of the molecule is CC(=O)N1CC2(CCN(C[C@@H]3C[C@@]3(C(=O)N(C)Cc3ccc(F)cc3)c3ccccc3)CC2)c2ccccc21. The van der Waals surface area contributed by atoms with E-state index in [0.29, 0.717) is 6.54 Å². The number of fused-ring (bicyclic) bond motifs is 2. The molecule has 6 heteroatoms. The van der Waals surface area contributed by atoms with Crippen molar-refractivity contribution in [3.63, 3.8) is 0 Å². The number of benzene rings is 3. The van der Waals surface area contributed by atoms with Gasteiger partial charge in [-0.2, -0.15) is 0 Å². The predicted octanol–water partition coefficient (Wildman–Crippen LogP) is 5.14. The van der Waals surface area contributed by atoms with E-state index in [0.717, 1.165) is 62.3 Å². The molecule has 0 bridgehead atoms. The topological polar surface area (TPSA) is 43.9 Å². The number of para-hydroxylation sites is 1. The van der Waals surface area contributed by atoms with Crippen molar-refractivity contribution in [2.45, 2.75) is 43.6 Å². The minimum atomic E-state index is -0.517. The molecule has 6 rings (SSSR count). The lowest BCUT2D eigenvalue weighted by atomic mass is 9.74. The third-order valence-corrected chi connectivity index (χ3v) is 9.35.